The number of anilines is 1. The van der Waals surface area contributed by atoms with Gasteiger partial charge in [0.05, 0.1) is 7.11 Å². The first-order chi connectivity index (χ1) is 8.70. The van der Waals surface area contributed by atoms with E-state index in [0.29, 0.717) is 12.4 Å². The zero-order valence-electron chi connectivity index (χ0n) is 10.4. The van der Waals surface area contributed by atoms with Crippen LogP contribution >= 0.6 is 0 Å². The number of rotatable bonds is 4. The Balaban J connectivity index is 2.18. The molecular formula is C14H15FN2O. The lowest BCUT2D eigenvalue weighted by molar-refractivity contribution is 0.409. The van der Waals surface area contributed by atoms with Crippen molar-refractivity contribution in [2.24, 2.45) is 0 Å². The molecule has 0 unspecified atom stereocenters. The number of ether oxygens (including phenoxy) is 1. The van der Waals surface area contributed by atoms with E-state index < -0.39 is 5.95 Å². The molecule has 0 saturated carbocycles. The lowest BCUT2D eigenvalue weighted by Gasteiger charge is -2.19. The summed E-state index contributed by atoms with van der Waals surface area (Å²) in [5.41, 5.74) is 1.04. The van der Waals surface area contributed by atoms with Crippen LogP contribution in [-0.4, -0.2) is 19.1 Å². The van der Waals surface area contributed by atoms with Crippen molar-refractivity contribution in [3.8, 4) is 5.75 Å². The Labute approximate surface area is 106 Å². The fraction of sp³-hybridized carbons (Fsp3) is 0.214. The molecule has 0 amide bonds. The lowest BCUT2D eigenvalue weighted by Crippen LogP contribution is -2.18. The Kier molecular flexibility index (Phi) is 3.77. The van der Waals surface area contributed by atoms with Crippen LogP contribution in [0.1, 0.15) is 5.56 Å². The molecule has 0 aliphatic rings. The van der Waals surface area contributed by atoms with Crippen LogP contribution in [0.5, 0.6) is 5.75 Å². The van der Waals surface area contributed by atoms with E-state index in [1.165, 1.54) is 6.07 Å². The zero-order chi connectivity index (χ0) is 13.0. The third kappa shape index (κ3) is 2.77. The van der Waals surface area contributed by atoms with Crippen LogP contribution in [0, 0.1) is 5.95 Å². The van der Waals surface area contributed by atoms with Crippen LogP contribution in [0.2, 0.25) is 0 Å². The first-order valence-corrected chi connectivity index (χ1v) is 5.66. The highest BCUT2D eigenvalue weighted by atomic mass is 19.1. The second-order valence-electron chi connectivity index (χ2n) is 3.99. The standard InChI is InChI=1S/C14H15FN2O/c1-17(14-9-5-8-13(15)16-14)10-11-6-3-4-7-12(11)18-2/h3-9H,10H2,1-2H3. The van der Waals surface area contributed by atoms with E-state index >= 15 is 0 Å². The highest BCUT2D eigenvalue weighted by Crippen LogP contribution is 2.21. The quantitative estimate of drug-likeness (QED) is 0.776. The fourth-order valence-electron chi connectivity index (χ4n) is 1.78. The van der Waals surface area contributed by atoms with E-state index in [0.717, 1.165) is 11.3 Å². The smallest absolute Gasteiger partial charge is 0.214 e. The van der Waals surface area contributed by atoms with Crippen molar-refractivity contribution >= 4 is 5.82 Å². The SMILES string of the molecule is COc1ccccc1CN(C)c1cccc(F)n1. The van der Waals surface area contributed by atoms with Gasteiger partial charge in [0.15, 0.2) is 0 Å². The Bertz CT molecular complexity index is 531. The topological polar surface area (TPSA) is 25.4 Å². The van der Waals surface area contributed by atoms with Gasteiger partial charge in [0.1, 0.15) is 11.6 Å². The normalized spacial score (nSPS) is 10.2. The van der Waals surface area contributed by atoms with Crippen LogP contribution in [0.3, 0.4) is 0 Å². The van der Waals surface area contributed by atoms with E-state index in [2.05, 4.69) is 4.98 Å². The summed E-state index contributed by atoms with van der Waals surface area (Å²) >= 11 is 0. The van der Waals surface area contributed by atoms with Gasteiger partial charge in [-0.05, 0) is 18.2 Å². The average molecular weight is 246 g/mol. The maximum Gasteiger partial charge on any atom is 0.214 e. The summed E-state index contributed by atoms with van der Waals surface area (Å²) in [5, 5.41) is 0. The van der Waals surface area contributed by atoms with Gasteiger partial charge in [-0.3, -0.25) is 0 Å². The van der Waals surface area contributed by atoms with Crippen molar-refractivity contribution in [3.63, 3.8) is 0 Å². The maximum absolute atomic E-state index is 13.0. The minimum atomic E-state index is -0.473. The van der Waals surface area contributed by atoms with Gasteiger partial charge < -0.3 is 9.64 Å². The molecule has 0 radical (unpaired) electrons. The molecule has 0 aliphatic heterocycles. The number of aromatic nitrogens is 1. The monoisotopic (exact) mass is 246 g/mol. The van der Waals surface area contributed by atoms with Crippen molar-refractivity contribution in [2.45, 2.75) is 6.54 Å². The Hall–Kier alpha value is -2.10. The Morgan fingerprint density at radius 3 is 2.67 bits per heavy atom. The van der Waals surface area contributed by atoms with Crippen LogP contribution in [-0.2, 0) is 6.54 Å². The zero-order valence-corrected chi connectivity index (χ0v) is 10.4. The molecule has 0 aliphatic carbocycles. The van der Waals surface area contributed by atoms with Gasteiger partial charge in [-0.2, -0.15) is 4.39 Å². The number of pyridine rings is 1. The molecule has 0 saturated heterocycles. The predicted molar refractivity (Wildman–Crippen MR) is 69.3 cm³/mol. The van der Waals surface area contributed by atoms with Gasteiger partial charge in [-0.25, -0.2) is 4.98 Å². The Morgan fingerprint density at radius 2 is 1.94 bits per heavy atom. The van der Waals surface area contributed by atoms with Crippen LogP contribution in [0.25, 0.3) is 0 Å². The fourth-order valence-corrected chi connectivity index (χ4v) is 1.78. The molecule has 1 aromatic carbocycles. The van der Waals surface area contributed by atoms with E-state index in [-0.39, 0.29) is 0 Å². The van der Waals surface area contributed by atoms with Crippen molar-refractivity contribution < 1.29 is 9.13 Å². The summed E-state index contributed by atoms with van der Waals surface area (Å²) in [7, 11) is 3.51. The first-order valence-electron chi connectivity index (χ1n) is 5.66. The molecule has 18 heavy (non-hydrogen) atoms. The number of methoxy groups -OCH3 is 1. The molecule has 0 N–H and O–H groups in total. The average Bonchev–Trinajstić information content (AvgIpc) is 2.39. The molecule has 3 nitrogen and oxygen atoms in total. The minimum Gasteiger partial charge on any atom is -0.496 e. The van der Waals surface area contributed by atoms with Gasteiger partial charge in [0.25, 0.3) is 0 Å². The summed E-state index contributed by atoms with van der Waals surface area (Å²) in [6.07, 6.45) is 0. The van der Waals surface area contributed by atoms with E-state index in [1.807, 2.05) is 36.2 Å². The van der Waals surface area contributed by atoms with Gasteiger partial charge >= 0.3 is 0 Å². The molecule has 0 atom stereocenters. The largest absolute Gasteiger partial charge is 0.496 e. The van der Waals surface area contributed by atoms with Crippen molar-refractivity contribution in [3.05, 3.63) is 54.0 Å². The molecule has 94 valence electrons. The second kappa shape index (κ2) is 5.49. The number of hydrogen-bond acceptors (Lipinski definition) is 3. The maximum atomic E-state index is 13.0. The number of para-hydroxylation sites is 1. The van der Waals surface area contributed by atoms with Crippen molar-refractivity contribution in [1.29, 1.82) is 0 Å². The summed E-state index contributed by atoms with van der Waals surface area (Å²) < 4.78 is 18.3. The summed E-state index contributed by atoms with van der Waals surface area (Å²) in [4.78, 5) is 5.72. The number of hydrogen-bond donors (Lipinski definition) is 0. The highest BCUT2D eigenvalue weighted by Gasteiger charge is 2.07. The molecular weight excluding hydrogens is 231 g/mol. The molecule has 0 bridgehead atoms. The van der Waals surface area contributed by atoms with Gasteiger partial charge in [-0.15, -0.1) is 0 Å². The molecule has 0 spiro atoms. The van der Waals surface area contributed by atoms with Crippen LogP contribution in [0.4, 0.5) is 10.2 Å². The third-order valence-corrected chi connectivity index (χ3v) is 2.69. The minimum absolute atomic E-state index is 0.473. The summed E-state index contributed by atoms with van der Waals surface area (Å²) in [6.45, 7) is 0.612. The second-order valence-corrected chi connectivity index (χ2v) is 3.99. The molecule has 2 rings (SSSR count). The molecule has 2 aromatic rings. The first kappa shape index (κ1) is 12.4. The van der Waals surface area contributed by atoms with Crippen LogP contribution in [0.15, 0.2) is 42.5 Å². The molecule has 1 heterocycles. The van der Waals surface area contributed by atoms with Gasteiger partial charge in [0.2, 0.25) is 5.95 Å². The van der Waals surface area contributed by atoms with Gasteiger partial charge in [0, 0.05) is 19.2 Å². The predicted octanol–water partition coefficient (Wildman–Crippen LogP) is 2.87. The third-order valence-electron chi connectivity index (χ3n) is 2.69. The summed E-state index contributed by atoms with van der Waals surface area (Å²) in [5.74, 6) is 0.945. The number of halogens is 1. The highest BCUT2D eigenvalue weighted by molar-refractivity contribution is 5.41. The molecule has 0 fully saturated rings. The Morgan fingerprint density at radius 1 is 1.17 bits per heavy atom. The van der Waals surface area contributed by atoms with E-state index in [1.54, 1.807) is 19.2 Å². The summed E-state index contributed by atoms with van der Waals surface area (Å²) in [6, 6.07) is 12.5. The van der Waals surface area contributed by atoms with Gasteiger partial charge in [-0.1, -0.05) is 24.3 Å². The number of nitrogens with zero attached hydrogens (tertiary/aromatic N) is 2. The van der Waals surface area contributed by atoms with E-state index in [9.17, 15) is 4.39 Å². The molecule has 4 heteroatoms. The van der Waals surface area contributed by atoms with Crippen molar-refractivity contribution in [2.75, 3.05) is 19.1 Å². The lowest BCUT2D eigenvalue weighted by atomic mass is 10.2. The van der Waals surface area contributed by atoms with E-state index in [4.69, 9.17) is 4.74 Å². The number of benzene rings is 1. The molecule has 1 aromatic heterocycles. The van der Waals surface area contributed by atoms with Crippen molar-refractivity contribution in [1.82, 2.24) is 4.98 Å². The van der Waals surface area contributed by atoms with Crippen LogP contribution < -0.4 is 9.64 Å².